The van der Waals surface area contributed by atoms with Crippen molar-refractivity contribution in [2.24, 2.45) is 0 Å². The van der Waals surface area contributed by atoms with E-state index in [1.807, 2.05) is 24.3 Å². The lowest BCUT2D eigenvalue weighted by molar-refractivity contribution is 0.109. The van der Waals surface area contributed by atoms with Crippen molar-refractivity contribution < 1.29 is 9.15 Å². The lowest BCUT2D eigenvalue weighted by atomic mass is 10.1. The van der Waals surface area contributed by atoms with Crippen molar-refractivity contribution in [1.82, 2.24) is 0 Å². The Morgan fingerprint density at radius 2 is 2.12 bits per heavy atom. The van der Waals surface area contributed by atoms with Crippen molar-refractivity contribution in [3.05, 3.63) is 46.3 Å². The predicted octanol–water partition coefficient (Wildman–Crippen LogP) is 2.64. The van der Waals surface area contributed by atoms with Crippen LogP contribution >= 0.6 is 0 Å². The van der Waals surface area contributed by atoms with Gasteiger partial charge in [-0.05, 0) is 25.0 Å². The molecule has 0 aliphatic carbocycles. The molecule has 0 saturated carbocycles. The lowest BCUT2D eigenvalue weighted by Crippen LogP contribution is -2.11. The molecule has 3 heteroatoms. The van der Waals surface area contributed by atoms with Crippen molar-refractivity contribution in [3.63, 3.8) is 0 Å². The van der Waals surface area contributed by atoms with Gasteiger partial charge in [-0.15, -0.1) is 0 Å². The van der Waals surface area contributed by atoms with Crippen LogP contribution < -0.4 is 5.63 Å². The SMILES string of the molecule is O=c1oc2ccccc2cc1C1CCCO1. The molecule has 0 spiro atoms. The fourth-order valence-corrected chi connectivity index (χ4v) is 2.13. The molecule has 16 heavy (non-hydrogen) atoms. The summed E-state index contributed by atoms with van der Waals surface area (Å²) in [5.41, 5.74) is 1.01. The lowest BCUT2D eigenvalue weighted by Gasteiger charge is -2.08. The molecule has 0 amide bonds. The largest absolute Gasteiger partial charge is 0.422 e. The maximum Gasteiger partial charge on any atom is 0.342 e. The monoisotopic (exact) mass is 216 g/mol. The second-order valence-electron chi connectivity index (χ2n) is 4.03. The van der Waals surface area contributed by atoms with Crippen molar-refractivity contribution in [2.75, 3.05) is 6.61 Å². The molecule has 1 unspecified atom stereocenters. The van der Waals surface area contributed by atoms with E-state index in [-0.39, 0.29) is 11.7 Å². The Morgan fingerprint density at radius 1 is 1.25 bits per heavy atom. The van der Waals surface area contributed by atoms with Gasteiger partial charge in [0.2, 0.25) is 0 Å². The standard InChI is InChI=1S/C13H12O3/c14-13-10(12-6-3-7-15-12)8-9-4-1-2-5-11(9)16-13/h1-2,4-5,8,12H,3,6-7H2. The zero-order valence-corrected chi connectivity index (χ0v) is 8.81. The zero-order valence-electron chi connectivity index (χ0n) is 8.81. The molecule has 0 bridgehead atoms. The number of fused-ring (bicyclic) bond motifs is 1. The third-order valence-corrected chi connectivity index (χ3v) is 2.94. The van der Waals surface area contributed by atoms with Crippen LogP contribution in [0.25, 0.3) is 11.0 Å². The van der Waals surface area contributed by atoms with Gasteiger partial charge in [-0.1, -0.05) is 18.2 Å². The normalized spacial score (nSPS) is 20.4. The molecule has 1 fully saturated rings. The smallest absolute Gasteiger partial charge is 0.342 e. The summed E-state index contributed by atoms with van der Waals surface area (Å²) in [6.45, 7) is 0.733. The van der Waals surface area contributed by atoms with E-state index in [0.29, 0.717) is 11.1 Å². The third kappa shape index (κ3) is 1.53. The molecule has 1 aromatic carbocycles. The molecule has 1 aliphatic heterocycles. The van der Waals surface area contributed by atoms with Gasteiger partial charge in [-0.2, -0.15) is 0 Å². The van der Waals surface area contributed by atoms with Crippen LogP contribution in [0.4, 0.5) is 0 Å². The van der Waals surface area contributed by atoms with E-state index >= 15 is 0 Å². The summed E-state index contributed by atoms with van der Waals surface area (Å²) in [7, 11) is 0. The number of benzene rings is 1. The van der Waals surface area contributed by atoms with Gasteiger partial charge in [0.05, 0.1) is 11.7 Å². The summed E-state index contributed by atoms with van der Waals surface area (Å²) in [6, 6.07) is 9.42. The highest BCUT2D eigenvalue weighted by molar-refractivity contribution is 5.76. The fourth-order valence-electron chi connectivity index (χ4n) is 2.13. The van der Waals surface area contributed by atoms with E-state index < -0.39 is 0 Å². The minimum atomic E-state index is -0.273. The molecule has 1 aliphatic rings. The summed E-state index contributed by atoms with van der Waals surface area (Å²) >= 11 is 0. The van der Waals surface area contributed by atoms with Gasteiger partial charge in [0.1, 0.15) is 5.58 Å². The molecule has 3 nitrogen and oxygen atoms in total. The van der Waals surface area contributed by atoms with Crippen LogP contribution in [0, 0.1) is 0 Å². The Balaban J connectivity index is 2.17. The second-order valence-corrected chi connectivity index (χ2v) is 4.03. The van der Waals surface area contributed by atoms with Crippen LogP contribution in [0.5, 0.6) is 0 Å². The molecule has 1 saturated heterocycles. The number of rotatable bonds is 1. The third-order valence-electron chi connectivity index (χ3n) is 2.94. The van der Waals surface area contributed by atoms with Gasteiger partial charge in [-0.3, -0.25) is 0 Å². The van der Waals surface area contributed by atoms with Crippen molar-refractivity contribution >= 4 is 11.0 Å². The average molecular weight is 216 g/mol. The molecule has 1 aromatic heterocycles. The van der Waals surface area contributed by atoms with Gasteiger partial charge in [0, 0.05) is 12.0 Å². The summed E-state index contributed by atoms with van der Waals surface area (Å²) in [5.74, 6) is 0. The first-order valence-electron chi connectivity index (χ1n) is 5.49. The highest BCUT2D eigenvalue weighted by atomic mass is 16.5. The Hall–Kier alpha value is -1.61. The molecule has 2 aromatic rings. The van der Waals surface area contributed by atoms with E-state index in [1.165, 1.54) is 0 Å². The minimum absolute atomic E-state index is 0.0825. The Labute approximate surface area is 92.6 Å². The van der Waals surface area contributed by atoms with Gasteiger partial charge in [-0.25, -0.2) is 4.79 Å². The van der Waals surface area contributed by atoms with Crippen molar-refractivity contribution in [2.45, 2.75) is 18.9 Å². The number of para-hydroxylation sites is 1. The Morgan fingerprint density at radius 3 is 2.94 bits per heavy atom. The maximum absolute atomic E-state index is 11.8. The molecule has 0 radical (unpaired) electrons. The summed E-state index contributed by atoms with van der Waals surface area (Å²) < 4.78 is 10.8. The number of ether oxygens (including phenoxy) is 1. The van der Waals surface area contributed by atoms with Gasteiger partial charge in [0.15, 0.2) is 0 Å². The molecule has 3 rings (SSSR count). The van der Waals surface area contributed by atoms with Crippen LogP contribution in [-0.2, 0) is 4.74 Å². The first-order chi connectivity index (χ1) is 7.84. The van der Waals surface area contributed by atoms with Crippen LogP contribution in [0.3, 0.4) is 0 Å². The molecule has 2 heterocycles. The van der Waals surface area contributed by atoms with Crippen LogP contribution in [0.1, 0.15) is 24.5 Å². The highest BCUT2D eigenvalue weighted by Gasteiger charge is 2.21. The topological polar surface area (TPSA) is 39.4 Å². The van der Waals surface area contributed by atoms with Crippen molar-refractivity contribution in [3.8, 4) is 0 Å². The Bertz CT molecular complexity index is 565. The van der Waals surface area contributed by atoms with E-state index in [1.54, 1.807) is 6.07 Å². The van der Waals surface area contributed by atoms with Crippen LogP contribution in [0.15, 0.2) is 39.5 Å². The second kappa shape index (κ2) is 3.76. The number of hydrogen-bond acceptors (Lipinski definition) is 3. The van der Waals surface area contributed by atoms with Gasteiger partial charge in [0.25, 0.3) is 0 Å². The summed E-state index contributed by atoms with van der Waals surface area (Å²) in [6.07, 6.45) is 1.83. The molecular formula is C13H12O3. The molecular weight excluding hydrogens is 204 g/mol. The molecule has 0 N–H and O–H groups in total. The zero-order chi connectivity index (χ0) is 11.0. The van der Waals surface area contributed by atoms with E-state index in [0.717, 1.165) is 24.8 Å². The van der Waals surface area contributed by atoms with E-state index in [9.17, 15) is 4.79 Å². The molecule has 82 valence electrons. The summed E-state index contributed by atoms with van der Waals surface area (Å²) in [5, 5.41) is 0.951. The van der Waals surface area contributed by atoms with Gasteiger partial charge >= 0.3 is 5.63 Å². The minimum Gasteiger partial charge on any atom is -0.422 e. The Kier molecular flexibility index (Phi) is 2.26. The first kappa shape index (κ1) is 9.60. The maximum atomic E-state index is 11.8. The van der Waals surface area contributed by atoms with Gasteiger partial charge < -0.3 is 9.15 Å². The van der Waals surface area contributed by atoms with Crippen LogP contribution in [-0.4, -0.2) is 6.61 Å². The fraction of sp³-hybridized carbons (Fsp3) is 0.308. The quantitative estimate of drug-likeness (QED) is 0.688. The average Bonchev–Trinajstić information content (AvgIpc) is 2.81. The van der Waals surface area contributed by atoms with E-state index in [4.69, 9.17) is 9.15 Å². The predicted molar refractivity (Wildman–Crippen MR) is 60.4 cm³/mol. The summed E-state index contributed by atoms with van der Waals surface area (Å²) in [4.78, 5) is 11.8. The van der Waals surface area contributed by atoms with E-state index in [2.05, 4.69) is 0 Å². The molecule has 1 atom stereocenters. The van der Waals surface area contributed by atoms with Crippen LogP contribution in [0.2, 0.25) is 0 Å². The highest BCUT2D eigenvalue weighted by Crippen LogP contribution is 2.27. The first-order valence-corrected chi connectivity index (χ1v) is 5.49. The van der Waals surface area contributed by atoms with Crippen molar-refractivity contribution in [1.29, 1.82) is 0 Å². The number of hydrogen-bond donors (Lipinski definition) is 0.